The van der Waals surface area contributed by atoms with E-state index in [1.807, 2.05) is 6.92 Å². The third kappa shape index (κ3) is 2.48. The zero-order valence-corrected chi connectivity index (χ0v) is 15.4. The SMILES string of the molecule is Cc1ccnc(NC2(c3c(O)[nH]c(=S)[nH]c3=O)C(=O)c3ccccc3C2=O)c1. The number of aromatic hydroxyl groups is 1. The molecule has 0 radical (unpaired) electrons. The van der Waals surface area contributed by atoms with Crippen molar-refractivity contribution < 1.29 is 14.7 Å². The van der Waals surface area contributed by atoms with Crippen molar-refractivity contribution in [3.63, 3.8) is 0 Å². The second-order valence-corrected chi connectivity index (χ2v) is 6.84. The molecule has 0 spiro atoms. The lowest BCUT2D eigenvalue weighted by molar-refractivity contribution is 0.0813. The number of hydrogen-bond donors (Lipinski definition) is 4. The van der Waals surface area contributed by atoms with Crippen molar-refractivity contribution in [2.45, 2.75) is 12.5 Å². The molecule has 1 aliphatic carbocycles. The molecular formula is C19H14N4O4S. The second-order valence-electron chi connectivity index (χ2n) is 6.43. The van der Waals surface area contributed by atoms with Crippen molar-refractivity contribution in [1.29, 1.82) is 0 Å². The Kier molecular flexibility index (Phi) is 3.97. The van der Waals surface area contributed by atoms with Crippen LogP contribution < -0.4 is 10.9 Å². The average Bonchev–Trinajstić information content (AvgIpc) is 2.84. The van der Waals surface area contributed by atoms with E-state index in [2.05, 4.69) is 20.3 Å². The van der Waals surface area contributed by atoms with Crippen LogP contribution in [0.3, 0.4) is 0 Å². The zero-order valence-electron chi connectivity index (χ0n) is 14.6. The molecule has 0 saturated heterocycles. The number of rotatable bonds is 3. The van der Waals surface area contributed by atoms with Gasteiger partial charge in [-0.15, -0.1) is 0 Å². The quantitative estimate of drug-likeness (QED) is 0.396. The number of H-pyrrole nitrogens is 2. The van der Waals surface area contributed by atoms with Crippen LogP contribution in [0.2, 0.25) is 0 Å². The lowest BCUT2D eigenvalue weighted by Gasteiger charge is -2.27. The molecule has 140 valence electrons. The smallest absolute Gasteiger partial charge is 0.262 e. The van der Waals surface area contributed by atoms with Crippen LogP contribution in [0.4, 0.5) is 5.82 Å². The summed E-state index contributed by atoms with van der Waals surface area (Å²) in [6.45, 7) is 1.82. The molecule has 0 saturated carbocycles. The van der Waals surface area contributed by atoms with Crippen molar-refractivity contribution in [2.24, 2.45) is 0 Å². The monoisotopic (exact) mass is 394 g/mol. The number of aromatic amines is 2. The molecule has 1 aromatic carbocycles. The van der Waals surface area contributed by atoms with Crippen LogP contribution in [0.5, 0.6) is 5.88 Å². The van der Waals surface area contributed by atoms with E-state index in [0.717, 1.165) is 5.56 Å². The number of nitrogens with zero attached hydrogens (tertiary/aromatic N) is 1. The molecule has 28 heavy (non-hydrogen) atoms. The minimum Gasteiger partial charge on any atom is -0.494 e. The molecule has 2 aromatic heterocycles. The van der Waals surface area contributed by atoms with Crippen molar-refractivity contribution in [3.05, 3.63) is 80.0 Å². The molecule has 0 fully saturated rings. The number of nitrogens with one attached hydrogen (secondary N) is 3. The molecule has 4 rings (SSSR count). The molecule has 0 amide bonds. The first-order valence-electron chi connectivity index (χ1n) is 8.30. The summed E-state index contributed by atoms with van der Waals surface area (Å²) in [7, 11) is 0. The van der Waals surface area contributed by atoms with E-state index in [1.54, 1.807) is 24.3 Å². The molecule has 0 atom stereocenters. The molecule has 9 heteroatoms. The van der Waals surface area contributed by atoms with Crippen LogP contribution in [0.15, 0.2) is 47.4 Å². The van der Waals surface area contributed by atoms with Crippen molar-refractivity contribution >= 4 is 29.6 Å². The first-order chi connectivity index (χ1) is 13.3. The van der Waals surface area contributed by atoms with Crippen molar-refractivity contribution in [2.75, 3.05) is 5.32 Å². The number of aryl methyl sites for hydroxylation is 1. The van der Waals surface area contributed by atoms with E-state index >= 15 is 0 Å². The summed E-state index contributed by atoms with van der Waals surface area (Å²) in [6, 6.07) is 9.61. The number of aromatic nitrogens is 3. The van der Waals surface area contributed by atoms with E-state index in [4.69, 9.17) is 12.2 Å². The maximum absolute atomic E-state index is 13.4. The first kappa shape index (κ1) is 17.8. The van der Waals surface area contributed by atoms with Gasteiger partial charge in [0.2, 0.25) is 23.0 Å². The molecule has 1 aliphatic rings. The number of hydrogen-bond acceptors (Lipinski definition) is 7. The lowest BCUT2D eigenvalue weighted by Crippen LogP contribution is -2.49. The topological polar surface area (TPSA) is 128 Å². The predicted octanol–water partition coefficient (Wildman–Crippen LogP) is 2.23. The first-order valence-corrected chi connectivity index (χ1v) is 8.71. The number of pyridine rings is 1. The molecule has 3 aromatic rings. The van der Waals surface area contributed by atoms with Gasteiger partial charge in [0, 0.05) is 17.3 Å². The van der Waals surface area contributed by atoms with Gasteiger partial charge in [0.25, 0.3) is 5.56 Å². The number of anilines is 1. The maximum Gasteiger partial charge on any atom is 0.262 e. The normalized spacial score (nSPS) is 14.8. The fraction of sp³-hybridized carbons (Fsp3) is 0.105. The Bertz CT molecular complexity index is 1230. The van der Waals surface area contributed by atoms with E-state index in [0.29, 0.717) is 0 Å². The number of fused-ring (bicyclic) bond motifs is 1. The van der Waals surface area contributed by atoms with Crippen LogP contribution in [-0.2, 0) is 5.54 Å². The van der Waals surface area contributed by atoms with Gasteiger partial charge in [-0.1, -0.05) is 24.3 Å². The molecular weight excluding hydrogens is 380 g/mol. The molecule has 8 nitrogen and oxygen atoms in total. The van der Waals surface area contributed by atoms with Gasteiger partial charge in [0.1, 0.15) is 11.4 Å². The van der Waals surface area contributed by atoms with Gasteiger partial charge in [-0.3, -0.25) is 19.4 Å². The molecule has 0 unspecified atom stereocenters. The highest BCUT2D eigenvalue weighted by Crippen LogP contribution is 2.41. The molecule has 0 bridgehead atoms. The Hall–Kier alpha value is -3.59. The summed E-state index contributed by atoms with van der Waals surface area (Å²) in [5, 5.41) is 13.3. The summed E-state index contributed by atoms with van der Waals surface area (Å²) in [6.07, 6.45) is 1.50. The third-order valence-electron chi connectivity index (χ3n) is 4.63. The number of carbonyl (C=O) groups is 2. The molecule has 4 N–H and O–H groups in total. The van der Waals surface area contributed by atoms with Crippen molar-refractivity contribution in [1.82, 2.24) is 15.0 Å². The van der Waals surface area contributed by atoms with Crippen LogP contribution >= 0.6 is 12.2 Å². The van der Waals surface area contributed by atoms with Crippen LogP contribution in [-0.4, -0.2) is 31.6 Å². The second kappa shape index (κ2) is 6.24. The molecule has 0 aliphatic heterocycles. The van der Waals surface area contributed by atoms with Gasteiger partial charge in [-0.05, 0) is 36.8 Å². The number of benzene rings is 1. The van der Waals surface area contributed by atoms with Crippen molar-refractivity contribution in [3.8, 4) is 5.88 Å². The van der Waals surface area contributed by atoms with E-state index in [9.17, 15) is 19.5 Å². The van der Waals surface area contributed by atoms with E-state index in [-0.39, 0.29) is 21.7 Å². The standard InChI is InChI=1S/C19H14N4O4S/c1-9-6-7-20-12(8-9)23-19(13-16(26)21-18(28)22-17(13)27)14(24)10-4-2-3-5-11(10)15(19)25/h2-8H,1H3,(H,20,23)(H3,21,22,26,27,28). The summed E-state index contributed by atoms with van der Waals surface area (Å²) in [5.41, 5.74) is -2.37. The van der Waals surface area contributed by atoms with Crippen LogP contribution in [0.25, 0.3) is 0 Å². The number of ketones is 2. The predicted molar refractivity (Wildman–Crippen MR) is 103 cm³/mol. The Balaban J connectivity index is 2.04. The fourth-order valence-corrected chi connectivity index (χ4v) is 3.60. The van der Waals surface area contributed by atoms with Gasteiger partial charge in [0.05, 0.1) is 0 Å². The molecule has 2 heterocycles. The summed E-state index contributed by atoms with van der Waals surface area (Å²) in [4.78, 5) is 48.3. The highest BCUT2D eigenvalue weighted by Gasteiger charge is 2.57. The average molecular weight is 394 g/mol. The van der Waals surface area contributed by atoms with Gasteiger partial charge in [-0.25, -0.2) is 4.98 Å². The van der Waals surface area contributed by atoms with Gasteiger partial charge in [-0.2, -0.15) is 0 Å². The zero-order chi connectivity index (χ0) is 20.1. The Morgan fingerprint density at radius 2 is 1.71 bits per heavy atom. The largest absolute Gasteiger partial charge is 0.494 e. The Labute approximate surface area is 163 Å². The van der Waals surface area contributed by atoms with E-state index in [1.165, 1.54) is 18.3 Å². The maximum atomic E-state index is 13.4. The Morgan fingerprint density at radius 3 is 2.29 bits per heavy atom. The Morgan fingerprint density at radius 1 is 1.07 bits per heavy atom. The van der Waals surface area contributed by atoms with Gasteiger partial charge >= 0.3 is 0 Å². The summed E-state index contributed by atoms with van der Waals surface area (Å²) >= 11 is 4.86. The lowest BCUT2D eigenvalue weighted by atomic mass is 9.85. The van der Waals surface area contributed by atoms with Crippen LogP contribution in [0, 0.1) is 11.7 Å². The van der Waals surface area contributed by atoms with Gasteiger partial charge < -0.3 is 15.4 Å². The highest BCUT2D eigenvalue weighted by atomic mass is 32.1. The fourth-order valence-electron chi connectivity index (χ4n) is 3.41. The highest BCUT2D eigenvalue weighted by molar-refractivity contribution is 7.71. The number of carbonyl (C=O) groups excluding carboxylic acids is 2. The van der Waals surface area contributed by atoms with E-state index < -0.39 is 34.1 Å². The summed E-state index contributed by atoms with van der Waals surface area (Å²) < 4.78 is -0.134. The minimum absolute atomic E-state index is 0.134. The minimum atomic E-state index is -2.18. The van der Waals surface area contributed by atoms with Crippen LogP contribution in [0.1, 0.15) is 31.8 Å². The number of Topliss-reactive ketones (excluding diaryl/α,β-unsaturated/α-hetero) is 2. The van der Waals surface area contributed by atoms with Gasteiger partial charge in [0.15, 0.2) is 4.77 Å². The summed E-state index contributed by atoms with van der Waals surface area (Å²) in [5.74, 6) is -1.79. The third-order valence-corrected chi connectivity index (χ3v) is 4.83.